The van der Waals surface area contributed by atoms with Gasteiger partial charge >= 0.3 is 0 Å². The van der Waals surface area contributed by atoms with Crippen LogP contribution in [0.25, 0.3) is 5.65 Å². The summed E-state index contributed by atoms with van der Waals surface area (Å²) in [5, 5.41) is 3.84. The topological polar surface area (TPSA) is 46.4 Å². The molecule has 4 fully saturated rings. The lowest BCUT2D eigenvalue weighted by molar-refractivity contribution is -0.0207. The highest BCUT2D eigenvalue weighted by Crippen LogP contribution is 2.55. The molecule has 4 aliphatic rings. The summed E-state index contributed by atoms with van der Waals surface area (Å²) in [4.78, 5) is 17.1. The molecule has 4 nitrogen and oxygen atoms in total. The molecule has 2 heterocycles. The summed E-state index contributed by atoms with van der Waals surface area (Å²) in [6, 6.07) is 5.64. The number of pyridine rings is 1. The van der Waals surface area contributed by atoms with E-state index < -0.39 is 0 Å². The molecule has 2 aromatic rings. The molecule has 126 valence electrons. The fourth-order valence-electron chi connectivity index (χ4n) is 5.95. The van der Waals surface area contributed by atoms with Crippen LogP contribution in [0.4, 0.5) is 0 Å². The number of hydrogen-bond donors (Lipinski definition) is 1. The molecule has 6 rings (SSSR count). The van der Waals surface area contributed by atoms with Crippen LogP contribution in [0.3, 0.4) is 0 Å². The van der Waals surface area contributed by atoms with Gasteiger partial charge in [0.15, 0.2) is 0 Å². The molecule has 0 unspecified atom stereocenters. The standard InChI is InChI=1S/C20H25N3O/c1-13-2-3-18-22-17(7-19(24)23(18)12-13)11-21-20-8-14-4-15(9-20)6-16(5-14)10-20/h2-3,7,12,14-16,21H,4-6,8-11H2,1H3. The Morgan fingerprint density at radius 3 is 2.50 bits per heavy atom. The highest BCUT2D eigenvalue weighted by Gasteiger charge is 2.50. The molecule has 24 heavy (non-hydrogen) atoms. The third kappa shape index (κ3) is 2.39. The minimum atomic E-state index is 0.0195. The number of aryl methyl sites for hydroxylation is 1. The monoisotopic (exact) mass is 323 g/mol. The molecule has 0 saturated heterocycles. The van der Waals surface area contributed by atoms with Crippen LogP contribution >= 0.6 is 0 Å². The van der Waals surface area contributed by atoms with Crippen molar-refractivity contribution in [3.8, 4) is 0 Å². The molecule has 4 saturated carbocycles. The Morgan fingerprint density at radius 1 is 1.17 bits per heavy atom. The molecule has 0 aromatic carbocycles. The third-order valence-electron chi connectivity index (χ3n) is 6.54. The quantitative estimate of drug-likeness (QED) is 0.944. The molecule has 4 bridgehead atoms. The Bertz CT molecular complexity index is 818. The number of aromatic nitrogens is 2. The Hall–Kier alpha value is -1.68. The summed E-state index contributed by atoms with van der Waals surface area (Å²) in [6.45, 7) is 2.71. The molecule has 4 aliphatic carbocycles. The van der Waals surface area contributed by atoms with Crippen molar-refractivity contribution in [3.05, 3.63) is 46.0 Å². The number of rotatable bonds is 3. The minimum Gasteiger partial charge on any atom is -0.306 e. The van der Waals surface area contributed by atoms with Crippen molar-refractivity contribution in [2.24, 2.45) is 17.8 Å². The summed E-state index contributed by atoms with van der Waals surface area (Å²) < 4.78 is 1.64. The lowest BCUT2D eigenvalue weighted by Gasteiger charge is -2.57. The van der Waals surface area contributed by atoms with E-state index in [-0.39, 0.29) is 5.56 Å². The maximum absolute atomic E-state index is 12.4. The Labute approximate surface area is 142 Å². The Morgan fingerprint density at radius 2 is 1.83 bits per heavy atom. The van der Waals surface area contributed by atoms with Crippen LogP contribution < -0.4 is 10.9 Å². The average molecular weight is 323 g/mol. The first kappa shape index (κ1) is 14.6. The fourth-order valence-corrected chi connectivity index (χ4v) is 5.95. The SMILES string of the molecule is Cc1ccc2nc(CNC34CC5CC(CC(C5)C3)C4)cc(=O)n2c1. The van der Waals surface area contributed by atoms with Crippen LogP contribution in [0.5, 0.6) is 0 Å². The largest absolute Gasteiger partial charge is 0.306 e. The Balaban J connectivity index is 1.40. The van der Waals surface area contributed by atoms with Gasteiger partial charge in [-0.15, -0.1) is 0 Å². The first-order valence-electron chi connectivity index (χ1n) is 9.33. The van der Waals surface area contributed by atoms with E-state index in [1.807, 2.05) is 25.3 Å². The number of fused-ring (bicyclic) bond motifs is 1. The van der Waals surface area contributed by atoms with Crippen molar-refractivity contribution in [1.29, 1.82) is 0 Å². The van der Waals surface area contributed by atoms with Gasteiger partial charge in [0.25, 0.3) is 5.56 Å². The second-order valence-electron chi connectivity index (χ2n) is 8.57. The van der Waals surface area contributed by atoms with Crippen molar-refractivity contribution >= 4 is 5.65 Å². The van der Waals surface area contributed by atoms with Crippen LogP contribution in [0, 0.1) is 24.7 Å². The molecular weight excluding hydrogens is 298 g/mol. The maximum atomic E-state index is 12.4. The molecule has 0 aliphatic heterocycles. The van der Waals surface area contributed by atoms with E-state index in [1.54, 1.807) is 10.5 Å². The molecule has 0 atom stereocenters. The van der Waals surface area contributed by atoms with E-state index in [2.05, 4.69) is 5.32 Å². The number of hydrogen-bond acceptors (Lipinski definition) is 3. The van der Waals surface area contributed by atoms with Gasteiger partial charge in [-0.1, -0.05) is 6.07 Å². The average Bonchev–Trinajstić information content (AvgIpc) is 2.52. The van der Waals surface area contributed by atoms with E-state index in [9.17, 15) is 4.79 Å². The summed E-state index contributed by atoms with van der Waals surface area (Å²) in [5.74, 6) is 2.80. The van der Waals surface area contributed by atoms with Gasteiger partial charge in [0.05, 0.1) is 5.69 Å². The van der Waals surface area contributed by atoms with Gasteiger partial charge in [-0.2, -0.15) is 0 Å². The zero-order valence-electron chi connectivity index (χ0n) is 14.3. The molecule has 0 radical (unpaired) electrons. The van der Waals surface area contributed by atoms with Crippen LogP contribution in [-0.4, -0.2) is 14.9 Å². The predicted octanol–water partition coefficient (Wildman–Crippen LogP) is 3.06. The number of nitrogens with one attached hydrogen (secondary N) is 1. The van der Waals surface area contributed by atoms with Crippen LogP contribution in [0.2, 0.25) is 0 Å². The van der Waals surface area contributed by atoms with E-state index in [0.717, 1.165) is 34.7 Å². The summed E-state index contributed by atoms with van der Waals surface area (Å²) in [5.41, 5.74) is 3.03. The minimum absolute atomic E-state index is 0.0195. The van der Waals surface area contributed by atoms with Gasteiger partial charge in [-0.05, 0) is 74.8 Å². The van der Waals surface area contributed by atoms with Crippen molar-refractivity contribution < 1.29 is 0 Å². The fraction of sp³-hybridized carbons (Fsp3) is 0.600. The zero-order chi connectivity index (χ0) is 16.3. The van der Waals surface area contributed by atoms with Gasteiger partial charge in [0.1, 0.15) is 5.65 Å². The lowest BCUT2D eigenvalue weighted by atomic mass is 9.53. The van der Waals surface area contributed by atoms with Gasteiger partial charge in [-0.25, -0.2) is 4.98 Å². The maximum Gasteiger partial charge on any atom is 0.258 e. The van der Waals surface area contributed by atoms with Crippen molar-refractivity contribution in [1.82, 2.24) is 14.7 Å². The highest BCUT2D eigenvalue weighted by atomic mass is 16.1. The van der Waals surface area contributed by atoms with Gasteiger partial charge in [-0.3, -0.25) is 9.20 Å². The molecular formula is C20H25N3O. The molecule has 2 aromatic heterocycles. The molecule has 1 N–H and O–H groups in total. The summed E-state index contributed by atoms with van der Waals surface area (Å²) >= 11 is 0. The predicted molar refractivity (Wildman–Crippen MR) is 93.9 cm³/mol. The van der Waals surface area contributed by atoms with Crippen LogP contribution in [0.1, 0.15) is 49.8 Å². The first-order chi connectivity index (χ1) is 11.6. The van der Waals surface area contributed by atoms with Crippen LogP contribution in [-0.2, 0) is 6.54 Å². The van der Waals surface area contributed by atoms with E-state index >= 15 is 0 Å². The lowest BCUT2D eigenvalue weighted by Crippen LogP contribution is -2.58. The number of nitrogens with zero attached hydrogens (tertiary/aromatic N) is 2. The van der Waals surface area contributed by atoms with E-state index in [1.165, 1.54) is 38.5 Å². The van der Waals surface area contributed by atoms with Crippen molar-refractivity contribution in [2.45, 2.75) is 57.5 Å². The Kier molecular flexibility index (Phi) is 3.15. The molecule has 0 amide bonds. The van der Waals surface area contributed by atoms with E-state index in [0.29, 0.717) is 12.1 Å². The first-order valence-corrected chi connectivity index (χ1v) is 9.33. The second-order valence-corrected chi connectivity index (χ2v) is 8.57. The summed E-state index contributed by atoms with van der Waals surface area (Å²) in [7, 11) is 0. The van der Waals surface area contributed by atoms with Crippen LogP contribution in [0.15, 0.2) is 29.2 Å². The normalized spacial score (nSPS) is 34.1. The molecule has 0 spiro atoms. The van der Waals surface area contributed by atoms with Gasteiger partial charge in [0.2, 0.25) is 0 Å². The third-order valence-corrected chi connectivity index (χ3v) is 6.54. The van der Waals surface area contributed by atoms with Crippen molar-refractivity contribution in [2.75, 3.05) is 0 Å². The zero-order valence-corrected chi connectivity index (χ0v) is 14.3. The van der Waals surface area contributed by atoms with Gasteiger partial charge < -0.3 is 5.32 Å². The second kappa shape index (κ2) is 5.16. The van der Waals surface area contributed by atoms with Crippen molar-refractivity contribution in [3.63, 3.8) is 0 Å². The van der Waals surface area contributed by atoms with Gasteiger partial charge in [0, 0.05) is 24.3 Å². The summed E-state index contributed by atoms with van der Waals surface area (Å²) in [6.07, 6.45) is 10.2. The van der Waals surface area contributed by atoms with E-state index in [4.69, 9.17) is 4.98 Å². The highest BCUT2D eigenvalue weighted by molar-refractivity contribution is 5.39. The molecule has 4 heteroatoms. The smallest absolute Gasteiger partial charge is 0.258 e.